The van der Waals surface area contributed by atoms with Crippen LogP contribution in [0.3, 0.4) is 0 Å². The summed E-state index contributed by atoms with van der Waals surface area (Å²) in [5.74, 6) is -0.472. The molecular weight excluding hydrogens is 325 g/mol. The van der Waals surface area contributed by atoms with Crippen LogP contribution in [0.15, 0.2) is 41.8 Å². The Morgan fingerprint density at radius 1 is 1.26 bits per heavy atom. The molecule has 0 radical (unpaired) electrons. The first-order valence-corrected chi connectivity index (χ1v) is 7.86. The SMILES string of the molecule is C[C@@H](C(=O)Nc1ccccc1C(F)(F)F)N(C)Cc1cccs1. The van der Waals surface area contributed by atoms with Gasteiger partial charge in [0.05, 0.1) is 17.3 Å². The Bertz CT molecular complexity index is 656. The molecular formula is C16H17F3N2OS. The predicted molar refractivity (Wildman–Crippen MR) is 85.3 cm³/mol. The van der Waals surface area contributed by atoms with Gasteiger partial charge in [0, 0.05) is 11.4 Å². The fourth-order valence-electron chi connectivity index (χ4n) is 2.06. The maximum absolute atomic E-state index is 13.0. The number of carbonyl (C=O) groups excluding carboxylic acids is 1. The van der Waals surface area contributed by atoms with Crippen molar-refractivity contribution in [3.8, 4) is 0 Å². The highest BCUT2D eigenvalue weighted by Crippen LogP contribution is 2.34. The van der Waals surface area contributed by atoms with E-state index >= 15 is 0 Å². The number of hydrogen-bond acceptors (Lipinski definition) is 3. The summed E-state index contributed by atoms with van der Waals surface area (Å²) in [6.07, 6.45) is -4.50. The molecule has 1 aromatic carbocycles. The number of rotatable bonds is 5. The maximum Gasteiger partial charge on any atom is 0.418 e. The van der Waals surface area contributed by atoms with Crippen LogP contribution < -0.4 is 5.32 Å². The highest BCUT2D eigenvalue weighted by molar-refractivity contribution is 7.09. The highest BCUT2D eigenvalue weighted by Gasteiger charge is 2.34. The first-order chi connectivity index (χ1) is 10.8. The average Bonchev–Trinajstić information content (AvgIpc) is 2.98. The van der Waals surface area contributed by atoms with E-state index in [1.54, 1.807) is 30.2 Å². The van der Waals surface area contributed by atoms with E-state index in [2.05, 4.69) is 5.32 Å². The average molecular weight is 342 g/mol. The largest absolute Gasteiger partial charge is 0.418 e. The number of anilines is 1. The van der Waals surface area contributed by atoms with Gasteiger partial charge in [0.15, 0.2) is 0 Å². The van der Waals surface area contributed by atoms with Crippen LogP contribution in [0.2, 0.25) is 0 Å². The summed E-state index contributed by atoms with van der Waals surface area (Å²) in [4.78, 5) is 15.1. The lowest BCUT2D eigenvalue weighted by Crippen LogP contribution is -2.39. The number of nitrogens with one attached hydrogen (secondary N) is 1. The number of hydrogen-bond donors (Lipinski definition) is 1. The Balaban J connectivity index is 2.07. The van der Waals surface area contributed by atoms with Gasteiger partial charge in [0.1, 0.15) is 0 Å². The predicted octanol–water partition coefficient (Wildman–Crippen LogP) is 4.23. The van der Waals surface area contributed by atoms with Crippen LogP contribution in [0.5, 0.6) is 0 Å². The summed E-state index contributed by atoms with van der Waals surface area (Å²) < 4.78 is 38.9. The smallest absolute Gasteiger partial charge is 0.324 e. The molecule has 1 heterocycles. The number of para-hydroxylation sites is 1. The van der Waals surface area contributed by atoms with Gasteiger partial charge in [0.2, 0.25) is 5.91 Å². The van der Waals surface area contributed by atoms with Gasteiger partial charge in [-0.15, -0.1) is 11.3 Å². The van der Waals surface area contributed by atoms with Crippen molar-refractivity contribution in [3.05, 3.63) is 52.2 Å². The van der Waals surface area contributed by atoms with Gasteiger partial charge >= 0.3 is 6.18 Å². The van der Waals surface area contributed by atoms with Gasteiger partial charge in [-0.05, 0) is 37.6 Å². The molecule has 3 nitrogen and oxygen atoms in total. The summed E-state index contributed by atoms with van der Waals surface area (Å²) in [6.45, 7) is 2.23. The van der Waals surface area contributed by atoms with Crippen molar-refractivity contribution >= 4 is 22.9 Å². The van der Waals surface area contributed by atoms with E-state index < -0.39 is 23.7 Å². The topological polar surface area (TPSA) is 32.3 Å². The molecule has 0 spiro atoms. The molecule has 1 aromatic heterocycles. The first-order valence-electron chi connectivity index (χ1n) is 6.98. The third kappa shape index (κ3) is 4.56. The molecule has 0 saturated heterocycles. The molecule has 0 bridgehead atoms. The third-order valence-electron chi connectivity index (χ3n) is 3.52. The normalized spacial score (nSPS) is 13.1. The lowest BCUT2D eigenvalue weighted by Gasteiger charge is -2.24. The summed E-state index contributed by atoms with van der Waals surface area (Å²) >= 11 is 1.57. The van der Waals surface area contributed by atoms with Crippen LogP contribution in [0.25, 0.3) is 0 Å². The van der Waals surface area contributed by atoms with Gasteiger partial charge in [-0.2, -0.15) is 13.2 Å². The molecule has 1 N–H and O–H groups in total. The lowest BCUT2D eigenvalue weighted by molar-refractivity contribution is -0.137. The molecule has 0 unspecified atom stereocenters. The molecule has 23 heavy (non-hydrogen) atoms. The molecule has 0 saturated carbocycles. The molecule has 0 fully saturated rings. The number of thiophene rings is 1. The number of amides is 1. The van der Waals surface area contributed by atoms with E-state index in [1.165, 1.54) is 18.2 Å². The Morgan fingerprint density at radius 2 is 1.96 bits per heavy atom. The van der Waals surface area contributed by atoms with Crippen molar-refractivity contribution in [2.45, 2.75) is 25.7 Å². The van der Waals surface area contributed by atoms with Crippen molar-refractivity contribution in [3.63, 3.8) is 0 Å². The molecule has 7 heteroatoms. The standard InChI is InChI=1S/C16H17F3N2OS/c1-11(21(2)10-12-6-5-9-23-12)15(22)20-14-8-4-3-7-13(14)16(17,18)19/h3-9,11H,10H2,1-2H3,(H,20,22)/t11-/m0/s1. The van der Waals surface area contributed by atoms with E-state index in [0.717, 1.165) is 10.9 Å². The van der Waals surface area contributed by atoms with Crippen LogP contribution in [0.1, 0.15) is 17.4 Å². The lowest BCUT2D eigenvalue weighted by atomic mass is 10.1. The van der Waals surface area contributed by atoms with Crippen LogP contribution in [-0.4, -0.2) is 23.9 Å². The zero-order chi connectivity index (χ0) is 17.0. The zero-order valence-electron chi connectivity index (χ0n) is 12.7. The molecule has 0 aliphatic carbocycles. The van der Waals surface area contributed by atoms with Crippen molar-refractivity contribution < 1.29 is 18.0 Å². The minimum atomic E-state index is -4.50. The molecule has 1 amide bonds. The Hall–Kier alpha value is -1.86. The quantitative estimate of drug-likeness (QED) is 0.882. The second-order valence-corrected chi connectivity index (χ2v) is 6.24. The van der Waals surface area contributed by atoms with Crippen molar-refractivity contribution in [2.24, 2.45) is 0 Å². The summed E-state index contributed by atoms with van der Waals surface area (Å²) in [7, 11) is 1.76. The number of likely N-dealkylation sites (N-methyl/N-ethyl adjacent to an activating group) is 1. The molecule has 0 aliphatic heterocycles. The number of carbonyl (C=O) groups is 1. The molecule has 0 aliphatic rings. The summed E-state index contributed by atoms with van der Waals surface area (Å²) in [5.41, 5.74) is -1.07. The second-order valence-electron chi connectivity index (χ2n) is 5.20. The Kier molecular flexibility index (Phi) is 5.43. The number of alkyl halides is 3. The van der Waals surface area contributed by atoms with Crippen LogP contribution in [0.4, 0.5) is 18.9 Å². The molecule has 124 valence electrons. The van der Waals surface area contributed by atoms with E-state index in [4.69, 9.17) is 0 Å². The summed E-state index contributed by atoms with van der Waals surface area (Å²) in [5, 5.41) is 4.32. The number of nitrogens with zero attached hydrogens (tertiary/aromatic N) is 1. The van der Waals surface area contributed by atoms with E-state index in [-0.39, 0.29) is 5.69 Å². The van der Waals surface area contributed by atoms with Gasteiger partial charge in [-0.25, -0.2) is 0 Å². The van der Waals surface area contributed by atoms with Crippen molar-refractivity contribution in [2.75, 3.05) is 12.4 Å². The van der Waals surface area contributed by atoms with E-state index in [9.17, 15) is 18.0 Å². The van der Waals surface area contributed by atoms with Crippen molar-refractivity contribution in [1.29, 1.82) is 0 Å². The van der Waals surface area contributed by atoms with E-state index in [0.29, 0.717) is 6.54 Å². The minimum absolute atomic E-state index is 0.221. The van der Waals surface area contributed by atoms with Crippen LogP contribution >= 0.6 is 11.3 Å². The molecule has 2 rings (SSSR count). The second kappa shape index (κ2) is 7.14. The van der Waals surface area contributed by atoms with Gasteiger partial charge in [-0.1, -0.05) is 18.2 Å². The molecule has 2 aromatic rings. The highest BCUT2D eigenvalue weighted by atomic mass is 32.1. The van der Waals surface area contributed by atoms with Gasteiger partial charge in [-0.3, -0.25) is 9.69 Å². The van der Waals surface area contributed by atoms with Crippen LogP contribution in [0, 0.1) is 0 Å². The summed E-state index contributed by atoms with van der Waals surface area (Å²) in [6, 6.07) is 8.28. The number of benzene rings is 1. The minimum Gasteiger partial charge on any atom is -0.324 e. The van der Waals surface area contributed by atoms with Gasteiger partial charge < -0.3 is 5.32 Å². The van der Waals surface area contributed by atoms with E-state index in [1.807, 2.05) is 17.5 Å². The fraction of sp³-hybridized carbons (Fsp3) is 0.312. The van der Waals surface area contributed by atoms with Crippen LogP contribution in [-0.2, 0) is 17.5 Å². The van der Waals surface area contributed by atoms with Crippen molar-refractivity contribution in [1.82, 2.24) is 4.90 Å². The Morgan fingerprint density at radius 3 is 2.57 bits per heavy atom. The molecule has 1 atom stereocenters. The maximum atomic E-state index is 13.0. The fourth-order valence-corrected chi connectivity index (χ4v) is 2.83. The number of halogens is 3. The zero-order valence-corrected chi connectivity index (χ0v) is 13.5. The van der Waals surface area contributed by atoms with Gasteiger partial charge in [0.25, 0.3) is 0 Å². The monoisotopic (exact) mass is 342 g/mol. The third-order valence-corrected chi connectivity index (χ3v) is 4.38. The first kappa shape index (κ1) is 17.5. The Labute approximate surface area is 136 Å².